The van der Waals surface area contributed by atoms with Crippen LogP contribution in [0.2, 0.25) is 10.0 Å². The first-order valence-electron chi connectivity index (χ1n) is 28.5. The van der Waals surface area contributed by atoms with Gasteiger partial charge >= 0.3 is 11.9 Å². The predicted molar refractivity (Wildman–Crippen MR) is 326 cm³/mol. The lowest BCUT2D eigenvalue weighted by atomic mass is 9.87. The topological polar surface area (TPSA) is 151 Å². The van der Waals surface area contributed by atoms with Crippen molar-refractivity contribution in [3.8, 4) is 34.3 Å². The molecule has 90 heavy (non-hydrogen) atoms. The number of benzene rings is 6. The van der Waals surface area contributed by atoms with Gasteiger partial charge in [0.05, 0.1) is 97.3 Å². The van der Waals surface area contributed by atoms with Gasteiger partial charge in [-0.1, -0.05) is 75.2 Å². The highest BCUT2D eigenvalue weighted by molar-refractivity contribution is 6.30. The van der Waals surface area contributed by atoms with E-state index in [9.17, 15) is 18.4 Å². The molecule has 0 radical (unpaired) electrons. The highest BCUT2D eigenvalue weighted by Crippen LogP contribution is 2.43. The Hall–Kier alpha value is -8.82. The summed E-state index contributed by atoms with van der Waals surface area (Å²) in [6.07, 6.45) is -0.0256. The van der Waals surface area contributed by atoms with Crippen LogP contribution in [0.1, 0.15) is 94.4 Å². The van der Waals surface area contributed by atoms with Crippen LogP contribution in [0.5, 0.6) is 11.8 Å². The van der Waals surface area contributed by atoms with E-state index in [0.717, 1.165) is 24.3 Å². The lowest BCUT2D eigenvalue weighted by molar-refractivity contribution is 0.0592. The molecule has 2 fully saturated rings. The number of rotatable bonds is 16. The standard InChI is InChI=1S/2C34H29ClF3N3O4/c2*1-34(2)18-44-17-30(34)41-29-12-19(33(42)43-3)8-10-28(29)39-31(41)13-21-11-26(38)23(15-25(21)37)27-5-4-6-32(40-27)45-16-20-7-9-22(35)14-24(20)36/h2*4-12,14-15,30H,13,16-18H2,1-3H3/t2*30-/m11/s1. The van der Waals surface area contributed by atoms with Crippen LogP contribution >= 0.6 is 23.2 Å². The molecule has 4 aromatic heterocycles. The van der Waals surface area contributed by atoms with Crippen molar-refractivity contribution in [1.29, 1.82) is 0 Å². The maximum Gasteiger partial charge on any atom is 0.337 e. The molecule has 464 valence electrons. The second kappa shape index (κ2) is 26.0. The van der Waals surface area contributed by atoms with Crippen LogP contribution in [-0.2, 0) is 45.0 Å². The van der Waals surface area contributed by atoms with Gasteiger partial charge in [0.15, 0.2) is 0 Å². The first-order valence-corrected chi connectivity index (χ1v) is 29.2. The number of imidazole rings is 2. The Balaban J connectivity index is 0.000000185. The summed E-state index contributed by atoms with van der Waals surface area (Å²) in [7, 11) is 2.62. The lowest BCUT2D eigenvalue weighted by Gasteiger charge is -2.28. The zero-order valence-electron chi connectivity index (χ0n) is 49.5. The molecular weight excluding hydrogens is 1210 g/mol. The van der Waals surface area contributed by atoms with Gasteiger partial charge in [-0.2, -0.15) is 0 Å². The van der Waals surface area contributed by atoms with Crippen LogP contribution in [-0.4, -0.2) is 81.7 Å². The summed E-state index contributed by atoms with van der Waals surface area (Å²) in [5, 5.41) is 0.525. The molecule has 14 nitrogen and oxygen atoms in total. The van der Waals surface area contributed by atoms with Gasteiger partial charge in [0, 0.05) is 68.1 Å². The van der Waals surface area contributed by atoms with E-state index in [-0.39, 0.29) is 116 Å². The molecule has 0 bridgehead atoms. The van der Waals surface area contributed by atoms with Crippen LogP contribution in [0.4, 0.5) is 26.3 Å². The number of fused-ring (bicyclic) bond motifs is 2. The molecule has 6 aromatic carbocycles. The summed E-state index contributed by atoms with van der Waals surface area (Å²) in [6, 6.07) is 32.0. The number of halogens is 8. The number of ether oxygens (including phenoxy) is 6. The first kappa shape index (κ1) is 62.8. The number of nitrogens with zero attached hydrogens (tertiary/aromatic N) is 6. The van der Waals surface area contributed by atoms with Crippen molar-refractivity contribution < 1.29 is 64.4 Å². The maximum absolute atomic E-state index is 15.7. The summed E-state index contributed by atoms with van der Waals surface area (Å²) in [4.78, 5) is 42.8. The van der Waals surface area contributed by atoms with E-state index in [1.807, 2.05) is 9.13 Å². The van der Waals surface area contributed by atoms with Crippen LogP contribution in [0.3, 0.4) is 0 Å². The summed E-state index contributed by atoms with van der Waals surface area (Å²) in [5.41, 5.74) is 3.65. The van der Waals surface area contributed by atoms with Crippen molar-refractivity contribution in [3.63, 3.8) is 0 Å². The molecule has 0 spiro atoms. The predicted octanol–water partition coefficient (Wildman–Crippen LogP) is 15.4. The van der Waals surface area contributed by atoms with E-state index < -0.39 is 46.8 Å². The Bertz CT molecular complexity index is 4130. The number of hydrogen-bond donors (Lipinski definition) is 0. The Morgan fingerprint density at radius 1 is 0.500 bits per heavy atom. The van der Waals surface area contributed by atoms with Crippen LogP contribution in [0.25, 0.3) is 44.6 Å². The largest absolute Gasteiger partial charge is 0.473 e. The van der Waals surface area contributed by atoms with Crippen LogP contribution in [0, 0.1) is 45.7 Å². The van der Waals surface area contributed by atoms with Crippen molar-refractivity contribution in [2.24, 2.45) is 10.8 Å². The number of aromatic nitrogens is 6. The molecule has 2 atom stereocenters. The Morgan fingerprint density at radius 2 is 0.900 bits per heavy atom. The number of carbonyl (C=O) groups excluding carboxylic acids is 2. The quantitative estimate of drug-likeness (QED) is 0.0669. The Morgan fingerprint density at radius 3 is 1.27 bits per heavy atom. The molecular formula is C68H58Cl2F6N6O8. The highest BCUT2D eigenvalue weighted by atomic mass is 35.5. The summed E-state index contributed by atoms with van der Waals surface area (Å²) < 4.78 is 127. The number of hydrogen-bond acceptors (Lipinski definition) is 12. The van der Waals surface area contributed by atoms with Gasteiger partial charge in [-0.15, -0.1) is 0 Å². The van der Waals surface area contributed by atoms with Gasteiger partial charge in [-0.3, -0.25) is 0 Å². The summed E-state index contributed by atoms with van der Waals surface area (Å²) >= 11 is 11.6. The van der Waals surface area contributed by atoms with E-state index in [0.29, 0.717) is 71.3 Å². The van der Waals surface area contributed by atoms with E-state index in [4.69, 9.17) is 61.6 Å². The molecule has 12 rings (SSSR count). The highest BCUT2D eigenvalue weighted by Gasteiger charge is 2.41. The smallest absolute Gasteiger partial charge is 0.337 e. The molecule has 0 amide bonds. The third-order valence-electron chi connectivity index (χ3n) is 16.0. The summed E-state index contributed by atoms with van der Waals surface area (Å²) in [5.74, 6) is -3.42. The number of carbonyl (C=O) groups is 2. The summed E-state index contributed by atoms with van der Waals surface area (Å²) in [6.45, 7) is 9.83. The van der Waals surface area contributed by atoms with Gasteiger partial charge in [-0.05, 0) is 108 Å². The molecule has 6 heterocycles. The minimum Gasteiger partial charge on any atom is -0.473 e. The Labute approximate surface area is 523 Å². The van der Waals surface area contributed by atoms with Crippen molar-refractivity contribution in [2.75, 3.05) is 40.6 Å². The molecule has 0 aliphatic carbocycles. The minimum absolute atomic E-state index is 0.0128. The van der Waals surface area contributed by atoms with Crippen molar-refractivity contribution in [1.82, 2.24) is 29.1 Å². The maximum atomic E-state index is 15.7. The average molecular weight is 1270 g/mol. The normalized spacial score (nSPS) is 15.8. The van der Waals surface area contributed by atoms with Gasteiger partial charge in [0.1, 0.15) is 59.8 Å². The third-order valence-corrected chi connectivity index (χ3v) is 16.5. The van der Waals surface area contributed by atoms with Crippen LogP contribution < -0.4 is 9.47 Å². The Kier molecular flexibility index (Phi) is 18.1. The second-order valence-electron chi connectivity index (χ2n) is 23.2. The van der Waals surface area contributed by atoms with E-state index in [1.54, 1.807) is 72.8 Å². The van der Waals surface area contributed by atoms with Crippen LogP contribution in [0.15, 0.2) is 133 Å². The third kappa shape index (κ3) is 13.2. The van der Waals surface area contributed by atoms with Gasteiger partial charge in [0.25, 0.3) is 0 Å². The number of methoxy groups -OCH3 is 2. The fourth-order valence-corrected chi connectivity index (χ4v) is 11.4. The molecule has 0 unspecified atom stereocenters. The average Bonchev–Trinajstić information content (AvgIpc) is 1.61. The van der Waals surface area contributed by atoms with Gasteiger partial charge in [0.2, 0.25) is 11.8 Å². The first-order chi connectivity index (χ1) is 43.1. The van der Waals surface area contributed by atoms with E-state index in [1.165, 1.54) is 50.6 Å². The van der Waals surface area contributed by atoms with Crippen molar-refractivity contribution >= 4 is 57.2 Å². The zero-order valence-corrected chi connectivity index (χ0v) is 51.0. The SMILES string of the molecule is COC(=O)c1ccc2nc(Cc3cc(F)c(-c4cccc(OCc5ccc(Cl)cc5F)n4)cc3F)n([C@@H]3COCC3(C)C)c2c1.COC(=O)c1ccc2nc(Cc3cc(F)c(-c4cccc(OCc5ccc(Cl)cc5F)n4)cc3F)n([C@@H]3COCC3(C)C)c2c1. The molecule has 0 saturated carbocycles. The molecule has 2 aliphatic rings. The van der Waals surface area contributed by atoms with Crippen molar-refractivity contribution in [3.05, 3.63) is 223 Å². The van der Waals surface area contributed by atoms with Gasteiger partial charge in [-0.25, -0.2) is 55.9 Å². The molecule has 10 aromatic rings. The van der Waals surface area contributed by atoms with Gasteiger partial charge < -0.3 is 37.6 Å². The van der Waals surface area contributed by atoms with Crippen molar-refractivity contribution in [2.45, 2.75) is 65.8 Å². The van der Waals surface area contributed by atoms with E-state index >= 15 is 17.6 Å². The van der Waals surface area contributed by atoms with E-state index in [2.05, 4.69) is 37.7 Å². The fraction of sp³-hybridized carbons (Fsp3) is 0.265. The minimum atomic E-state index is -0.681. The number of esters is 2. The fourth-order valence-electron chi connectivity index (χ4n) is 11.1. The monoisotopic (exact) mass is 1270 g/mol. The zero-order chi connectivity index (χ0) is 63.8. The molecule has 2 saturated heterocycles. The second-order valence-corrected chi connectivity index (χ2v) is 24.1. The lowest BCUT2D eigenvalue weighted by Crippen LogP contribution is -2.27. The molecule has 0 N–H and O–H groups in total. The number of pyridine rings is 2. The molecule has 2 aliphatic heterocycles. The molecule has 22 heteroatoms.